The fourth-order valence-electron chi connectivity index (χ4n) is 9.50. The van der Waals surface area contributed by atoms with Crippen molar-refractivity contribution in [2.45, 2.75) is 118 Å². The van der Waals surface area contributed by atoms with E-state index in [-0.39, 0.29) is 23.0 Å². The summed E-state index contributed by atoms with van der Waals surface area (Å²) in [6.45, 7) is 16.7. The van der Waals surface area contributed by atoms with Gasteiger partial charge in [-0.2, -0.15) is 0 Å². The molecule has 0 aliphatic heterocycles. The number of aliphatic hydroxyl groups is 2. The van der Waals surface area contributed by atoms with Crippen LogP contribution in [0.25, 0.3) is 0 Å². The Morgan fingerprint density at radius 2 is 1.68 bits per heavy atom. The fraction of sp³-hybridized carbons (Fsp3) is 0.931. The average molecular weight is 431 g/mol. The lowest BCUT2D eigenvalue weighted by Gasteiger charge is -2.61. The molecule has 0 aromatic rings. The molecule has 4 aliphatic rings. The van der Waals surface area contributed by atoms with Crippen molar-refractivity contribution in [2.75, 3.05) is 0 Å². The maximum absolute atomic E-state index is 11.3. The van der Waals surface area contributed by atoms with E-state index in [0.29, 0.717) is 29.1 Å². The molecule has 0 amide bonds. The average Bonchev–Trinajstić information content (AvgIpc) is 2.95. The molecule has 9 atom stereocenters. The first-order valence-corrected chi connectivity index (χ1v) is 13.5. The van der Waals surface area contributed by atoms with Crippen LogP contribution in [-0.4, -0.2) is 22.4 Å². The summed E-state index contributed by atoms with van der Waals surface area (Å²) in [5.41, 5.74) is 1.98. The molecule has 4 aliphatic carbocycles. The number of hydrogen-bond donors (Lipinski definition) is 2. The van der Waals surface area contributed by atoms with Crippen LogP contribution in [0.3, 0.4) is 0 Å². The van der Waals surface area contributed by atoms with Gasteiger partial charge in [-0.3, -0.25) is 0 Å². The van der Waals surface area contributed by atoms with E-state index >= 15 is 0 Å². The van der Waals surface area contributed by atoms with Gasteiger partial charge < -0.3 is 10.2 Å². The smallest absolute Gasteiger partial charge is 0.0628 e. The van der Waals surface area contributed by atoms with E-state index in [1.807, 2.05) is 0 Å². The van der Waals surface area contributed by atoms with Crippen LogP contribution in [0.4, 0.5) is 0 Å². The number of fused-ring (bicyclic) bond motifs is 5. The van der Waals surface area contributed by atoms with Crippen molar-refractivity contribution in [3.63, 3.8) is 0 Å². The largest absolute Gasteiger partial charge is 0.393 e. The molecule has 0 saturated heterocycles. The van der Waals surface area contributed by atoms with Gasteiger partial charge in [0.05, 0.1) is 12.2 Å². The Hall–Kier alpha value is -0.340. The van der Waals surface area contributed by atoms with Crippen LogP contribution in [0.1, 0.15) is 106 Å². The predicted octanol–water partition coefficient (Wildman–Crippen LogP) is 7.00. The molecule has 0 heterocycles. The first-order chi connectivity index (χ1) is 14.4. The van der Waals surface area contributed by atoms with Crippen LogP contribution in [0.5, 0.6) is 0 Å². The Morgan fingerprint density at radius 1 is 0.968 bits per heavy atom. The summed E-state index contributed by atoms with van der Waals surface area (Å²) >= 11 is 0. The van der Waals surface area contributed by atoms with E-state index in [4.69, 9.17) is 0 Å². The topological polar surface area (TPSA) is 40.5 Å². The summed E-state index contributed by atoms with van der Waals surface area (Å²) in [6.07, 6.45) is 12.9. The molecule has 2 heteroatoms. The van der Waals surface area contributed by atoms with E-state index in [1.165, 1.54) is 32.1 Å². The highest BCUT2D eigenvalue weighted by Gasteiger charge is 2.63. The minimum Gasteiger partial charge on any atom is -0.393 e. The van der Waals surface area contributed by atoms with Crippen molar-refractivity contribution >= 4 is 0 Å². The monoisotopic (exact) mass is 430 g/mol. The van der Waals surface area contributed by atoms with Gasteiger partial charge in [-0.1, -0.05) is 79.4 Å². The minimum atomic E-state index is -0.207. The third-order valence-electron chi connectivity index (χ3n) is 11.1. The first kappa shape index (κ1) is 23.8. The van der Waals surface area contributed by atoms with Gasteiger partial charge in [-0.25, -0.2) is 0 Å². The minimum absolute atomic E-state index is 0.0959. The van der Waals surface area contributed by atoms with Gasteiger partial charge in [0.1, 0.15) is 0 Å². The van der Waals surface area contributed by atoms with Crippen molar-refractivity contribution in [3.05, 3.63) is 11.6 Å². The first-order valence-electron chi connectivity index (χ1n) is 13.5. The van der Waals surface area contributed by atoms with Crippen LogP contribution >= 0.6 is 0 Å². The van der Waals surface area contributed by atoms with Crippen LogP contribution < -0.4 is 0 Å². The lowest BCUT2D eigenvalue weighted by molar-refractivity contribution is -0.0806. The lowest BCUT2D eigenvalue weighted by atomic mass is 9.44. The van der Waals surface area contributed by atoms with E-state index in [2.05, 4.69) is 54.5 Å². The summed E-state index contributed by atoms with van der Waals surface area (Å²) in [4.78, 5) is 0. The highest BCUT2D eigenvalue weighted by molar-refractivity contribution is 5.31. The predicted molar refractivity (Wildman–Crippen MR) is 130 cm³/mol. The Morgan fingerprint density at radius 3 is 2.35 bits per heavy atom. The standard InChI is InChI=1S/C29H50O2/c1-18(2)9-8-10-19(3)26-23(30)17-22-20-11-12-24-27(4,5)25(31)14-16-28(24,6)21(20)13-15-29(22,26)7/h12,18-23,25-26,30-31H,8-11,13-17H2,1-7H3/t19-,20-,21+,22+,23-,25+,26+,28-,29+/m1/s1. The Bertz CT molecular complexity index is 693. The maximum Gasteiger partial charge on any atom is 0.0628 e. The normalized spacial score (nSPS) is 47.4. The zero-order chi connectivity index (χ0) is 22.8. The molecular weight excluding hydrogens is 380 g/mol. The number of rotatable bonds is 5. The Labute approximate surface area is 192 Å². The number of aliphatic hydroxyl groups excluding tert-OH is 2. The van der Waals surface area contributed by atoms with Gasteiger partial charge >= 0.3 is 0 Å². The molecule has 4 rings (SSSR count). The molecule has 31 heavy (non-hydrogen) atoms. The van der Waals surface area contributed by atoms with Gasteiger partial charge in [0, 0.05) is 5.41 Å². The highest BCUT2D eigenvalue weighted by atomic mass is 16.3. The molecule has 0 aromatic heterocycles. The second-order valence-corrected chi connectivity index (χ2v) is 13.6. The Kier molecular flexibility index (Phi) is 6.26. The van der Waals surface area contributed by atoms with E-state index in [9.17, 15) is 10.2 Å². The molecular formula is C29H50O2. The summed E-state index contributed by atoms with van der Waals surface area (Å²) < 4.78 is 0. The van der Waals surface area contributed by atoms with Crippen molar-refractivity contribution in [1.29, 1.82) is 0 Å². The van der Waals surface area contributed by atoms with Gasteiger partial charge in [0.25, 0.3) is 0 Å². The van der Waals surface area contributed by atoms with E-state index in [1.54, 1.807) is 5.57 Å². The zero-order valence-electron chi connectivity index (χ0n) is 21.5. The molecule has 2 nitrogen and oxygen atoms in total. The summed E-state index contributed by atoms with van der Waals surface area (Å²) in [5, 5.41) is 22.1. The van der Waals surface area contributed by atoms with Crippen molar-refractivity contribution in [1.82, 2.24) is 0 Å². The SMILES string of the molecule is CC(C)CCC[C@@H](C)[C@H]1[C@H](O)C[C@H]2[C@@H]3CC=C4C(C)(C)[C@@H](O)CC[C@]4(C)[C@H]3CC[C@]12C. The third kappa shape index (κ3) is 3.67. The zero-order valence-corrected chi connectivity index (χ0v) is 21.5. The lowest BCUT2D eigenvalue weighted by Crippen LogP contribution is -2.54. The Balaban J connectivity index is 1.57. The molecule has 3 fully saturated rings. The third-order valence-corrected chi connectivity index (χ3v) is 11.1. The van der Waals surface area contributed by atoms with E-state index in [0.717, 1.165) is 37.5 Å². The van der Waals surface area contributed by atoms with Gasteiger partial charge in [0.2, 0.25) is 0 Å². The summed E-state index contributed by atoms with van der Waals surface area (Å²) in [7, 11) is 0. The van der Waals surface area contributed by atoms with Crippen LogP contribution in [0.15, 0.2) is 11.6 Å². The van der Waals surface area contributed by atoms with Crippen molar-refractivity contribution in [2.24, 2.45) is 51.8 Å². The number of hydrogen-bond acceptors (Lipinski definition) is 2. The molecule has 178 valence electrons. The summed E-state index contributed by atoms with van der Waals surface area (Å²) in [6, 6.07) is 0. The van der Waals surface area contributed by atoms with Gasteiger partial charge in [-0.05, 0) is 84.9 Å². The fourth-order valence-corrected chi connectivity index (χ4v) is 9.50. The quantitative estimate of drug-likeness (QED) is 0.461. The van der Waals surface area contributed by atoms with Crippen molar-refractivity contribution < 1.29 is 10.2 Å². The number of allylic oxidation sites excluding steroid dienone is 1. The molecule has 0 spiro atoms. The maximum atomic E-state index is 11.3. The van der Waals surface area contributed by atoms with Gasteiger partial charge in [-0.15, -0.1) is 0 Å². The highest BCUT2D eigenvalue weighted by Crippen LogP contribution is 2.68. The second kappa shape index (κ2) is 8.15. The molecule has 0 unspecified atom stereocenters. The van der Waals surface area contributed by atoms with Gasteiger partial charge in [0.15, 0.2) is 0 Å². The molecule has 2 N–H and O–H groups in total. The second-order valence-electron chi connectivity index (χ2n) is 13.6. The van der Waals surface area contributed by atoms with Crippen LogP contribution in [0.2, 0.25) is 0 Å². The molecule has 0 bridgehead atoms. The molecule has 0 radical (unpaired) electrons. The van der Waals surface area contributed by atoms with E-state index < -0.39 is 0 Å². The van der Waals surface area contributed by atoms with Crippen LogP contribution in [-0.2, 0) is 0 Å². The van der Waals surface area contributed by atoms with Crippen LogP contribution in [0, 0.1) is 51.8 Å². The summed E-state index contributed by atoms with van der Waals surface area (Å²) in [5.74, 6) is 3.95. The molecule has 3 saturated carbocycles. The van der Waals surface area contributed by atoms with Crippen molar-refractivity contribution in [3.8, 4) is 0 Å². The molecule has 0 aromatic carbocycles.